The monoisotopic (exact) mass is 440 g/mol. The first kappa shape index (κ1) is 21.0. The summed E-state index contributed by atoms with van der Waals surface area (Å²) in [4.78, 5) is 28.2. The maximum Gasteiger partial charge on any atom is 0.268 e. The van der Waals surface area contributed by atoms with Gasteiger partial charge < -0.3 is 15.8 Å². The number of carbonyl (C=O) groups excluding carboxylic acids is 1. The quantitative estimate of drug-likeness (QED) is 0.394. The summed E-state index contributed by atoms with van der Waals surface area (Å²) in [5.41, 5.74) is 5.62. The summed E-state index contributed by atoms with van der Waals surface area (Å²) in [5, 5.41) is 9.15. The van der Waals surface area contributed by atoms with Crippen LogP contribution in [0, 0.1) is 11.6 Å². The van der Waals surface area contributed by atoms with Gasteiger partial charge in [-0.3, -0.25) is 24.2 Å². The molecule has 4 N–H and O–H groups in total. The van der Waals surface area contributed by atoms with Gasteiger partial charge in [-0.05, 0) is 24.3 Å². The molecular formula is C21H18F2N6O3. The van der Waals surface area contributed by atoms with Crippen molar-refractivity contribution in [1.82, 2.24) is 25.1 Å². The predicted octanol–water partition coefficient (Wildman–Crippen LogP) is 2.15. The van der Waals surface area contributed by atoms with Gasteiger partial charge in [0.15, 0.2) is 5.82 Å². The van der Waals surface area contributed by atoms with E-state index in [9.17, 15) is 18.4 Å². The van der Waals surface area contributed by atoms with Gasteiger partial charge in [0.2, 0.25) is 5.91 Å². The van der Waals surface area contributed by atoms with Crippen molar-refractivity contribution in [3.63, 3.8) is 0 Å². The number of fused-ring (bicyclic) bond motifs is 1. The number of nitrogens with zero attached hydrogens (tertiary/aromatic N) is 3. The van der Waals surface area contributed by atoms with E-state index in [0.717, 1.165) is 16.7 Å². The second kappa shape index (κ2) is 8.46. The van der Waals surface area contributed by atoms with Crippen LogP contribution in [-0.4, -0.2) is 38.8 Å². The van der Waals surface area contributed by atoms with Crippen LogP contribution in [0.2, 0.25) is 0 Å². The lowest BCUT2D eigenvalue weighted by Gasteiger charge is -2.12. The van der Waals surface area contributed by atoms with Crippen LogP contribution in [0.3, 0.4) is 0 Å². The number of carbonyl (C=O) groups is 1. The lowest BCUT2D eigenvalue weighted by Crippen LogP contribution is -2.25. The van der Waals surface area contributed by atoms with Crippen molar-refractivity contribution in [2.45, 2.75) is 6.92 Å². The number of amides is 1. The molecule has 0 aliphatic rings. The molecular weight excluding hydrogens is 422 g/mol. The number of aromatic amines is 1. The molecule has 164 valence electrons. The third-order valence-electron chi connectivity index (χ3n) is 4.69. The van der Waals surface area contributed by atoms with Crippen LogP contribution in [0.4, 0.5) is 14.6 Å². The van der Waals surface area contributed by atoms with Gasteiger partial charge in [0.25, 0.3) is 5.56 Å². The number of rotatable bonds is 6. The second-order valence-corrected chi connectivity index (χ2v) is 6.86. The van der Waals surface area contributed by atoms with Crippen molar-refractivity contribution in [2.75, 3.05) is 18.9 Å². The van der Waals surface area contributed by atoms with Gasteiger partial charge in [0, 0.05) is 18.7 Å². The van der Waals surface area contributed by atoms with E-state index < -0.39 is 22.9 Å². The topological polar surface area (TPSA) is 128 Å². The van der Waals surface area contributed by atoms with Crippen molar-refractivity contribution in [2.24, 2.45) is 0 Å². The molecule has 0 saturated carbocycles. The number of aromatic nitrogens is 4. The van der Waals surface area contributed by atoms with Crippen LogP contribution < -0.4 is 21.3 Å². The van der Waals surface area contributed by atoms with E-state index in [1.807, 2.05) is 0 Å². The molecule has 0 aliphatic carbocycles. The number of H-pyrrole nitrogens is 1. The molecule has 3 aromatic heterocycles. The Bertz CT molecular complexity index is 1340. The van der Waals surface area contributed by atoms with E-state index in [0.29, 0.717) is 23.6 Å². The Labute approximate surface area is 179 Å². The maximum absolute atomic E-state index is 14.4. The molecule has 0 unspecified atom stereocenters. The van der Waals surface area contributed by atoms with Crippen molar-refractivity contribution in [3.8, 4) is 22.7 Å². The molecule has 0 radical (unpaired) electrons. The van der Waals surface area contributed by atoms with Gasteiger partial charge >= 0.3 is 0 Å². The number of nitrogens with two attached hydrogens (primary N) is 1. The number of ether oxygens (including phenoxy) is 1. The first-order valence-electron chi connectivity index (χ1n) is 9.54. The normalized spacial score (nSPS) is 11.0. The standard InChI is InChI=1S/C21H18F2N6O3/c1-11(30)25-7-8-32-12-5-6-16(26-9-12)13-10-29(19-14(22)3-2-4-15(19)23)21(31)17-18(13)27-28-20(17)24/h2-6,9-10H,7-8H2,1H3,(H,25,30)(H3,24,27,28). The number of pyridine rings is 2. The molecule has 3 heterocycles. The van der Waals surface area contributed by atoms with Gasteiger partial charge in [-0.1, -0.05) is 6.07 Å². The van der Waals surface area contributed by atoms with Crippen molar-refractivity contribution in [1.29, 1.82) is 0 Å². The average Bonchev–Trinajstić information content (AvgIpc) is 3.15. The van der Waals surface area contributed by atoms with Gasteiger partial charge in [-0.2, -0.15) is 5.10 Å². The minimum atomic E-state index is -0.907. The van der Waals surface area contributed by atoms with E-state index in [-0.39, 0.29) is 29.2 Å². The summed E-state index contributed by atoms with van der Waals surface area (Å²) in [6.45, 7) is 2.00. The molecule has 0 saturated heterocycles. The van der Waals surface area contributed by atoms with Crippen molar-refractivity contribution >= 4 is 22.6 Å². The van der Waals surface area contributed by atoms with Crippen molar-refractivity contribution in [3.05, 3.63) is 64.7 Å². The van der Waals surface area contributed by atoms with Crippen LogP contribution in [0.5, 0.6) is 5.75 Å². The molecule has 11 heteroatoms. The Hall–Kier alpha value is -4.28. The Kier molecular flexibility index (Phi) is 5.54. The second-order valence-electron chi connectivity index (χ2n) is 6.86. The van der Waals surface area contributed by atoms with Gasteiger partial charge in [0.1, 0.15) is 35.1 Å². The van der Waals surface area contributed by atoms with Crippen LogP contribution in [0.25, 0.3) is 27.8 Å². The minimum absolute atomic E-state index is 0.0115. The fourth-order valence-corrected chi connectivity index (χ4v) is 3.24. The number of nitrogens with one attached hydrogen (secondary N) is 2. The highest BCUT2D eigenvalue weighted by molar-refractivity contribution is 5.97. The lowest BCUT2D eigenvalue weighted by atomic mass is 10.1. The predicted molar refractivity (Wildman–Crippen MR) is 113 cm³/mol. The zero-order valence-electron chi connectivity index (χ0n) is 16.9. The third-order valence-corrected chi connectivity index (χ3v) is 4.69. The van der Waals surface area contributed by atoms with Gasteiger partial charge in [-0.25, -0.2) is 8.78 Å². The largest absolute Gasteiger partial charge is 0.490 e. The molecule has 1 amide bonds. The number of hydrogen-bond acceptors (Lipinski definition) is 6. The average molecular weight is 440 g/mol. The van der Waals surface area contributed by atoms with Gasteiger partial charge in [0.05, 0.1) is 24.0 Å². The molecule has 1 aromatic carbocycles. The maximum atomic E-state index is 14.4. The molecule has 4 rings (SSSR count). The Balaban J connectivity index is 1.77. The summed E-state index contributed by atoms with van der Waals surface area (Å²) in [6.07, 6.45) is 2.73. The van der Waals surface area contributed by atoms with E-state index in [1.54, 1.807) is 12.1 Å². The first-order chi connectivity index (χ1) is 15.4. The summed E-state index contributed by atoms with van der Waals surface area (Å²) in [6, 6.07) is 6.57. The zero-order chi connectivity index (χ0) is 22.8. The van der Waals surface area contributed by atoms with E-state index in [4.69, 9.17) is 10.5 Å². The van der Waals surface area contributed by atoms with Crippen LogP contribution >= 0.6 is 0 Å². The summed E-state index contributed by atoms with van der Waals surface area (Å²) < 4.78 is 35.2. The fourth-order valence-electron chi connectivity index (χ4n) is 3.24. The van der Waals surface area contributed by atoms with Gasteiger partial charge in [-0.15, -0.1) is 0 Å². The molecule has 0 aliphatic heterocycles. The highest BCUT2D eigenvalue weighted by atomic mass is 19.1. The highest BCUT2D eigenvalue weighted by Crippen LogP contribution is 2.29. The third kappa shape index (κ3) is 3.87. The summed E-state index contributed by atoms with van der Waals surface area (Å²) in [7, 11) is 0. The summed E-state index contributed by atoms with van der Waals surface area (Å²) in [5.74, 6) is -1.62. The molecule has 32 heavy (non-hydrogen) atoms. The Morgan fingerprint density at radius 3 is 2.66 bits per heavy atom. The fraction of sp³-hybridized carbons (Fsp3) is 0.143. The molecule has 0 spiro atoms. The minimum Gasteiger partial charge on any atom is -0.490 e. The lowest BCUT2D eigenvalue weighted by molar-refractivity contribution is -0.119. The van der Waals surface area contributed by atoms with E-state index in [2.05, 4.69) is 20.5 Å². The number of nitrogen functional groups attached to an aromatic ring is 1. The Morgan fingerprint density at radius 2 is 2.00 bits per heavy atom. The Morgan fingerprint density at radius 1 is 1.25 bits per heavy atom. The van der Waals surface area contributed by atoms with Crippen LogP contribution in [-0.2, 0) is 4.79 Å². The zero-order valence-corrected chi connectivity index (χ0v) is 16.9. The summed E-state index contributed by atoms with van der Waals surface area (Å²) >= 11 is 0. The van der Waals surface area contributed by atoms with Crippen molar-refractivity contribution < 1.29 is 18.3 Å². The van der Waals surface area contributed by atoms with E-state index in [1.165, 1.54) is 25.4 Å². The molecule has 0 fully saturated rings. The molecule has 4 aromatic rings. The molecule has 9 nitrogen and oxygen atoms in total. The van der Waals surface area contributed by atoms with Crippen LogP contribution in [0.15, 0.2) is 47.5 Å². The first-order valence-corrected chi connectivity index (χ1v) is 9.54. The van der Waals surface area contributed by atoms with Crippen LogP contribution in [0.1, 0.15) is 6.92 Å². The number of halogens is 2. The number of benzene rings is 1. The number of hydrogen-bond donors (Lipinski definition) is 3. The molecule has 0 bridgehead atoms. The van der Waals surface area contributed by atoms with E-state index >= 15 is 0 Å². The number of para-hydroxylation sites is 1. The SMILES string of the molecule is CC(=O)NCCOc1ccc(-c2cn(-c3c(F)cccc3F)c(=O)c3c(N)n[nH]c23)nc1. The highest BCUT2D eigenvalue weighted by Gasteiger charge is 2.20. The number of anilines is 1. The smallest absolute Gasteiger partial charge is 0.268 e. The molecule has 0 atom stereocenters.